The molecule has 0 bridgehead atoms. The van der Waals surface area contributed by atoms with E-state index in [0.29, 0.717) is 48.6 Å². The number of carboxylic acids is 1. The van der Waals surface area contributed by atoms with Crippen molar-refractivity contribution in [3.63, 3.8) is 0 Å². The van der Waals surface area contributed by atoms with Gasteiger partial charge in [-0.05, 0) is 56.9 Å². The van der Waals surface area contributed by atoms with Gasteiger partial charge in [0.1, 0.15) is 6.33 Å². The van der Waals surface area contributed by atoms with Gasteiger partial charge in [0.15, 0.2) is 5.65 Å². The number of piperidine rings is 1. The summed E-state index contributed by atoms with van der Waals surface area (Å²) in [5.74, 6) is -3.42. The highest BCUT2D eigenvalue weighted by molar-refractivity contribution is 5.96. The van der Waals surface area contributed by atoms with Crippen molar-refractivity contribution in [3.8, 4) is 0 Å². The van der Waals surface area contributed by atoms with Crippen LogP contribution in [-0.2, 0) is 0 Å². The average molecular weight is 493 g/mol. The number of fused-ring (bicyclic) bond motifs is 3. The number of anilines is 2. The molecule has 1 saturated carbocycles. The summed E-state index contributed by atoms with van der Waals surface area (Å²) in [6.07, 6.45) is 3.09. The Labute approximate surface area is 206 Å². The van der Waals surface area contributed by atoms with Crippen molar-refractivity contribution in [3.05, 3.63) is 59.4 Å². The fraction of sp³-hybridized carbons (Fsp3) is 0.385. The van der Waals surface area contributed by atoms with Crippen molar-refractivity contribution < 1.29 is 18.7 Å². The van der Waals surface area contributed by atoms with E-state index in [-0.39, 0.29) is 18.2 Å². The molecule has 1 atom stereocenters. The van der Waals surface area contributed by atoms with Crippen LogP contribution < -0.4 is 10.2 Å². The molecule has 2 N–H and O–H groups in total. The lowest BCUT2D eigenvalue weighted by Crippen LogP contribution is -2.50. The number of nitrogens with one attached hydrogen (secondary N) is 1. The first-order chi connectivity index (χ1) is 17.2. The van der Waals surface area contributed by atoms with Gasteiger partial charge >= 0.3 is 5.97 Å². The molecule has 1 unspecified atom stereocenters. The number of alkyl halides is 2. The van der Waals surface area contributed by atoms with Crippen molar-refractivity contribution in [2.75, 3.05) is 23.3 Å². The minimum absolute atomic E-state index is 0.166. The molecule has 1 spiro atoms. The van der Waals surface area contributed by atoms with Crippen LogP contribution in [0.3, 0.4) is 0 Å². The first-order valence-electron chi connectivity index (χ1n) is 12.0. The molecule has 8 nitrogen and oxygen atoms in total. The molecule has 2 aliphatic rings. The quantitative estimate of drug-likeness (QED) is 0.401. The molecule has 2 aromatic carbocycles. The number of rotatable bonds is 5. The van der Waals surface area contributed by atoms with E-state index in [1.807, 2.05) is 26.0 Å². The summed E-state index contributed by atoms with van der Waals surface area (Å²) in [6.45, 7) is 3.98. The van der Waals surface area contributed by atoms with Gasteiger partial charge in [-0.25, -0.2) is 18.6 Å². The molecular formula is C26H26F2N6O2. The molecule has 0 amide bonds. The Morgan fingerprint density at radius 1 is 1.19 bits per heavy atom. The fourth-order valence-corrected chi connectivity index (χ4v) is 5.44. The first kappa shape index (κ1) is 22.6. The lowest BCUT2D eigenvalue weighted by atomic mass is 9.89. The van der Waals surface area contributed by atoms with Gasteiger partial charge in [0.2, 0.25) is 5.95 Å². The van der Waals surface area contributed by atoms with Crippen LogP contribution in [0.4, 0.5) is 20.4 Å². The van der Waals surface area contributed by atoms with E-state index in [1.54, 1.807) is 33.6 Å². The highest BCUT2D eigenvalue weighted by Crippen LogP contribution is 2.61. The summed E-state index contributed by atoms with van der Waals surface area (Å²) in [6, 6.07) is 10.3. The van der Waals surface area contributed by atoms with Gasteiger partial charge in [-0.2, -0.15) is 0 Å². The van der Waals surface area contributed by atoms with Crippen LogP contribution in [0.1, 0.15) is 53.7 Å². The average Bonchev–Trinajstić information content (AvgIpc) is 3.47. The van der Waals surface area contributed by atoms with Crippen molar-refractivity contribution in [2.24, 2.45) is 5.41 Å². The predicted molar refractivity (Wildman–Crippen MR) is 132 cm³/mol. The fourth-order valence-electron chi connectivity index (χ4n) is 5.44. The Balaban J connectivity index is 1.46. The first-order valence-corrected chi connectivity index (χ1v) is 12.0. The normalized spacial score (nSPS) is 19.1. The van der Waals surface area contributed by atoms with Crippen molar-refractivity contribution in [1.82, 2.24) is 19.6 Å². The van der Waals surface area contributed by atoms with Crippen molar-refractivity contribution in [1.29, 1.82) is 0 Å². The Bertz CT molecular complexity index is 1510. The molecular weight excluding hydrogens is 466 g/mol. The highest BCUT2D eigenvalue weighted by atomic mass is 19.3. The number of carboxylic acid groups (broad SMARTS) is 1. The zero-order chi connectivity index (χ0) is 25.2. The van der Waals surface area contributed by atoms with E-state index in [2.05, 4.69) is 15.5 Å². The van der Waals surface area contributed by atoms with Crippen LogP contribution in [0, 0.1) is 12.3 Å². The number of hydrogen-bond acceptors (Lipinski definition) is 6. The molecule has 1 saturated heterocycles. The predicted octanol–water partition coefficient (Wildman–Crippen LogP) is 5.08. The summed E-state index contributed by atoms with van der Waals surface area (Å²) in [5.41, 5.74) is 2.76. The number of halogens is 2. The lowest BCUT2D eigenvalue weighted by molar-refractivity contribution is -0.0797. The number of benzene rings is 2. The third-order valence-corrected chi connectivity index (χ3v) is 7.66. The highest BCUT2D eigenvalue weighted by Gasteiger charge is 2.64. The largest absolute Gasteiger partial charge is 0.478 e. The van der Waals surface area contributed by atoms with Gasteiger partial charge in [0.25, 0.3) is 5.92 Å². The number of aryl methyl sites for hydroxylation is 1. The van der Waals surface area contributed by atoms with Crippen LogP contribution >= 0.6 is 0 Å². The van der Waals surface area contributed by atoms with Gasteiger partial charge in [0, 0.05) is 28.6 Å². The number of hydrogen-bond donors (Lipinski definition) is 2. The lowest BCUT2D eigenvalue weighted by Gasteiger charge is -2.39. The van der Waals surface area contributed by atoms with Gasteiger partial charge in [-0.1, -0.05) is 18.2 Å². The third-order valence-electron chi connectivity index (χ3n) is 7.66. The molecule has 3 heterocycles. The molecule has 4 aromatic rings. The molecule has 36 heavy (non-hydrogen) atoms. The van der Waals surface area contributed by atoms with Crippen LogP contribution in [0.15, 0.2) is 42.7 Å². The minimum atomic E-state index is -2.78. The van der Waals surface area contributed by atoms with Gasteiger partial charge in [0.05, 0.1) is 23.7 Å². The second-order valence-corrected chi connectivity index (χ2v) is 10.1. The maximum atomic E-state index is 15.1. The van der Waals surface area contributed by atoms with Gasteiger partial charge in [-0.3, -0.25) is 4.40 Å². The summed E-state index contributed by atoms with van der Waals surface area (Å²) < 4.78 is 31.8. The van der Waals surface area contributed by atoms with E-state index in [1.165, 1.54) is 6.33 Å². The molecule has 2 aromatic heterocycles. The zero-order valence-corrected chi connectivity index (χ0v) is 20.0. The molecule has 6 rings (SSSR count). The second kappa shape index (κ2) is 7.84. The van der Waals surface area contributed by atoms with Crippen LogP contribution in [0.5, 0.6) is 0 Å². The minimum Gasteiger partial charge on any atom is -0.478 e. The van der Waals surface area contributed by atoms with E-state index < -0.39 is 17.3 Å². The molecule has 10 heteroatoms. The monoisotopic (exact) mass is 492 g/mol. The van der Waals surface area contributed by atoms with E-state index in [9.17, 15) is 9.90 Å². The third kappa shape index (κ3) is 3.46. The van der Waals surface area contributed by atoms with Crippen molar-refractivity contribution in [2.45, 2.75) is 45.1 Å². The van der Waals surface area contributed by atoms with E-state index in [0.717, 1.165) is 16.5 Å². The summed E-state index contributed by atoms with van der Waals surface area (Å²) in [5, 5.41) is 22.0. The number of nitrogens with zero attached hydrogens (tertiary/aromatic N) is 5. The van der Waals surface area contributed by atoms with Crippen LogP contribution in [0.2, 0.25) is 0 Å². The zero-order valence-electron chi connectivity index (χ0n) is 20.0. The van der Waals surface area contributed by atoms with Crippen LogP contribution in [-0.4, -0.2) is 49.7 Å². The van der Waals surface area contributed by atoms with Gasteiger partial charge in [-0.15, -0.1) is 10.2 Å². The number of aromatic carboxylic acids is 1. The van der Waals surface area contributed by atoms with E-state index >= 15 is 8.78 Å². The maximum Gasteiger partial charge on any atom is 0.337 e. The maximum absolute atomic E-state index is 15.1. The summed E-state index contributed by atoms with van der Waals surface area (Å²) in [4.78, 5) is 18.3. The Kier molecular flexibility index (Phi) is 4.93. The molecule has 1 aliphatic heterocycles. The number of aromatic nitrogens is 4. The number of para-hydroxylation sites is 1. The van der Waals surface area contributed by atoms with Crippen molar-refractivity contribution >= 4 is 34.2 Å². The second-order valence-electron chi connectivity index (χ2n) is 10.1. The topological polar surface area (TPSA) is 95.6 Å². The van der Waals surface area contributed by atoms with Gasteiger partial charge < -0.3 is 15.3 Å². The standard InChI is InChI=1S/C26H26F2N6O2/c1-15-11-18(16(2)30-20-6-4-3-5-17(20)23(35)36)21-19(12-15)22-32-29-14-34(22)24(31-21)33-10-9-25(7-8-25)26(27,28)13-33/h3-6,11-12,14,16,30H,7-10,13H2,1-2H3,(H,35,36). The molecule has 0 radical (unpaired) electrons. The summed E-state index contributed by atoms with van der Waals surface area (Å²) in [7, 11) is 0. The molecule has 1 aliphatic carbocycles. The Morgan fingerprint density at radius 2 is 1.97 bits per heavy atom. The smallest absolute Gasteiger partial charge is 0.337 e. The molecule has 2 fully saturated rings. The van der Waals surface area contributed by atoms with E-state index in [4.69, 9.17) is 4.98 Å². The Hall–Kier alpha value is -3.82. The SMILES string of the molecule is Cc1cc(C(C)Nc2ccccc2C(=O)O)c2nc(N3CCC4(CC4)C(F)(F)C3)n3cnnc3c2c1. The summed E-state index contributed by atoms with van der Waals surface area (Å²) >= 11 is 0. The van der Waals surface area contributed by atoms with Crippen LogP contribution in [0.25, 0.3) is 16.6 Å². The molecule has 186 valence electrons. The Morgan fingerprint density at radius 3 is 2.69 bits per heavy atom. The number of carbonyl (C=O) groups is 1.